The van der Waals surface area contributed by atoms with Crippen LogP contribution in [0.3, 0.4) is 0 Å². The summed E-state index contributed by atoms with van der Waals surface area (Å²) in [6.45, 7) is 1.43. The van der Waals surface area contributed by atoms with E-state index in [1.165, 1.54) is 25.1 Å². The van der Waals surface area contributed by atoms with Crippen LogP contribution in [0.1, 0.15) is 44.7 Å². The van der Waals surface area contributed by atoms with Crippen molar-refractivity contribution in [1.29, 1.82) is 0 Å². The van der Waals surface area contributed by atoms with E-state index in [2.05, 4.69) is 0 Å². The minimum atomic E-state index is -1.66. The molecule has 1 saturated heterocycles. The average molecular weight is 499 g/mol. The topological polar surface area (TPSA) is 97.6 Å². The highest BCUT2D eigenvalue weighted by Gasteiger charge is 2.71. The number of halogens is 1. The fourth-order valence-corrected chi connectivity index (χ4v) is 6.49. The molecule has 7 nitrogen and oxygen atoms in total. The van der Waals surface area contributed by atoms with Crippen molar-refractivity contribution in [1.82, 2.24) is 0 Å². The van der Waals surface area contributed by atoms with E-state index in [1.807, 2.05) is 11.0 Å². The summed E-state index contributed by atoms with van der Waals surface area (Å²) < 4.78 is 0. The van der Waals surface area contributed by atoms with Crippen molar-refractivity contribution in [3.63, 3.8) is 0 Å². The van der Waals surface area contributed by atoms with Gasteiger partial charge in [0.15, 0.2) is 17.3 Å². The van der Waals surface area contributed by atoms with Crippen molar-refractivity contribution in [2.45, 2.75) is 24.9 Å². The molecule has 2 heterocycles. The van der Waals surface area contributed by atoms with Crippen molar-refractivity contribution >= 4 is 46.4 Å². The third kappa shape index (κ3) is 2.77. The van der Waals surface area contributed by atoms with Gasteiger partial charge in [-0.3, -0.25) is 24.5 Å². The molecule has 1 spiro atoms. The van der Waals surface area contributed by atoms with Crippen LogP contribution >= 0.6 is 11.6 Å². The maximum atomic E-state index is 14.3. The Hall–Kier alpha value is -4.10. The summed E-state index contributed by atoms with van der Waals surface area (Å²) in [6, 6.07) is 16.1. The number of carbonyl (C=O) groups is 3. The first-order valence-corrected chi connectivity index (χ1v) is 11.8. The molecule has 3 aromatic carbocycles. The van der Waals surface area contributed by atoms with Crippen LogP contribution in [0, 0.1) is 15.5 Å². The largest absolute Gasteiger partial charge is 0.352 e. The Labute approximate surface area is 211 Å². The van der Waals surface area contributed by atoms with Gasteiger partial charge in [-0.15, -0.1) is 0 Å². The Balaban J connectivity index is 1.68. The molecule has 8 heteroatoms. The third-order valence-corrected chi connectivity index (χ3v) is 7.86. The Bertz CT molecular complexity index is 1510. The van der Waals surface area contributed by atoms with Crippen LogP contribution in [0.5, 0.6) is 0 Å². The average Bonchev–Trinajstić information content (AvgIpc) is 3.30. The lowest BCUT2D eigenvalue weighted by atomic mass is 9.64. The third-order valence-electron chi connectivity index (χ3n) is 7.62. The predicted octanol–water partition coefficient (Wildman–Crippen LogP) is 5.27. The molecule has 36 heavy (non-hydrogen) atoms. The summed E-state index contributed by atoms with van der Waals surface area (Å²) in [6.07, 6.45) is 3.61. The molecule has 3 aromatic rings. The molecule has 2 aliphatic heterocycles. The molecule has 3 aliphatic rings. The van der Waals surface area contributed by atoms with E-state index in [-0.39, 0.29) is 23.0 Å². The summed E-state index contributed by atoms with van der Waals surface area (Å²) in [5.41, 5.74) is 0.606. The SMILES string of the molecule is CC(=O)[C@@H]1[C@@H](c2cccc([N+](=O)[O-])c2)C2(C(=O)c3ccccc3C2=O)[C@H]2C=Cc3cc(Cl)ccc3N12. The smallest absolute Gasteiger partial charge is 0.269 e. The van der Waals surface area contributed by atoms with Crippen molar-refractivity contribution in [3.05, 3.63) is 110 Å². The van der Waals surface area contributed by atoms with Gasteiger partial charge in [0.2, 0.25) is 0 Å². The van der Waals surface area contributed by atoms with Crippen LogP contribution in [0.15, 0.2) is 72.8 Å². The quantitative estimate of drug-likeness (QED) is 0.277. The molecule has 3 atom stereocenters. The minimum absolute atomic E-state index is 0.173. The number of hydrogen-bond acceptors (Lipinski definition) is 6. The molecule has 0 radical (unpaired) electrons. The summed E-state index contributed by atoms with van der Waals surface area (Å²) in [7, 11) is 0. The number of fused-ring (bicyclic) bond motifs is 5. The fraction of sp³-hybridized carbons (Fsp3) is 0.179. The van der Waals surface area contributed by atoms with Gasteiger partial charge in [0.25, 0.3) is 5.69 Å². The first-order valence-electron chi connectivity index (χ1n) is 11.5. The van der Waals surface area contributed by atoms with E-state index in [0.717, 1.165) is 5.56 Å². The summed E-state index contributed by atoms with van der Waals surface area (Å²) in [5, 5.41) is 12.1. The molecular formula is C28H19ClN2O5. The standard InChI is InChI=1S/C28H19ClN2O5/c1-15(32)25-24(17-5-4-6-19(14-17)31(35)36)28(26(33)20-7-2-3-8-21(20)27(28)34)23-12-9-16-13-18(29)10-11-22(16)30(23)25/h2-14,23-25H,1H3/t23-,24-,25-/m1/s1. The van der Waals surface area contributed by atoms with E-state index >= 15 is 0 Å². The molecule has 178 valence electrons. The number of hydrogen-bond donors (Lipinski definition) is 0. The number of anilines is 1. The molecule has 6 rings (SSSR count). The Morgan fingerprint density at radius 1 is 1.00 bits per heavy atom. The normalized spacial score (nSPS) is 22.9. The van der Waals surface area contributed by atoms with E-state index in [4.69, 9.17) is 11.6 Å². The van der Waals surface area contributed by atoms with Gasteiger partial charge < -0.3 is 4.90 Å². The molecule has 0 amide bonds. The van der Waals surface area contributed by atoms with Crippen LogP contribution in [-0.4, -0.2) is 34.4 Å². The number of benzene rings is 3. The van der Waals surface area contributed by atoms with E-state index in [1.54, 1.807) is 54.6 Å². The molecule has 1 fully saturated rings. The first-order chi connectivity index (χ1) is 17.3. The summed E-state index contributed by atoms with van der Waals surface area (Å²) >= 11 is 6.23. The zero-order valence-electron chi connectivity index (χ0n) is 19.1. The highest BCUT2D eigenvalue weighted by atomic mass is 35.5. The summed E-state index contributed by atoms with van der Waals surface area (Å²) in [5.74, 6) is -1.94. The zero-order valence-corrected chi connectivity index (χ0v) is 19.8. The first kappa shape index (κ1) is 22.4. The van der Waals surface area contributed by atoms with E-state index in [9.17, 15) is 24.5 Å². The van der Waals surface area contributed by atoms with Gasteiger partial charge in [-0.25, -0.2) is 0 Å². The molecule has 0 N–H and O–H groups in total. The highest BCUT2D eigenvalue weighted by molar-refractivity contribution is 6.32. The lowest BCUT2D eigenvalue weighted by Crippen LogP contribution is -2.48. The molecule has 0 bridgehead atoms. The van der Waals surface area contributed by atoms with Crippen molar-refractivity contribution in [3.8, 4) is 0 Å². The second-order valence-electron chi connectivity index (χ2n) is 9.37. The number of Topliss-reactive ketones (excluding diaryl/α,β-unsaturated/α-hetero) is 3. The predicted molar refractivity (Wildman–Crippen MR) is 135 cm³/mol. The molecule has 0 aromatic heterocycles. The Morgan fingerprint density at radius 3 is 2.33 bits per heavy atom. The number of ketones is 3. The number of nitro benzene ring substituents is 1. The van der Waals surface area contributed by atoms with Crippen LogP contribution in [0.4, 0.5) is 11.4 Å². The van der Waals surface area contributed by atoms with E-state index < -0.39 is 28.3 Å². The van der Waals surface area contributed by atoms with Gasteiger partial charge in [-0.2, -0.15) is 0 Å². The fourth-order valence-electron chi connectivity index (χ4n) is 6.31. The van der Waals surface area contributed by atoms with Gasteiger partial charge in [0.1, 0.15) is 5.41 Å². The zero-order chi connectivity index (χ0) is 25.4. The van der Waals surface area contributed by atoms with Gasteiger partial charge in [-0.1, -0.05) is 60.2 Å². The van der Waals surface area contributed by atoms with Gasteiger partial charge in [-0.05, 0) is 36.2 Å². The van der Waals surface area contributed by atoms with Gasteiger partial charge in [0, 0.05) is 39.9 Å². The van der Waals surface area contributed by atoms with Crippen molar-refractivity contribution in [2.24, 2.45) is 5.41 Å². The van der Waals surface area contributed by atoms with Crippen LogP contribution in [0.25, 0.3) is 6.08 Å². The van der Waals surface area contributed by atoms with Crippen LogP contribution in [-0.2, 0) is 4.79 Å². The van der Waals surface area contributed by atoms with Crippen LogP contribution in [0.2, 0.25) is 5.02 Å². The Kier molecular flexibility index (Phi) is 4.78. The number of non-ortho nitro benzene ring substituents is 1. The highest BCUT2D eigenvalue weighted by Crippen LogP contribution is 2.60. The maximum Gasteiger partial charge on any atom is 0.269 e. The van der Waals surface area contributed by atoms with Crippen LogP contribution < -0.4 is 4.90 Å². The van der Waals surface area contributed by atoms with E-state index in [0.29, 0.717) is 27.4 Å². The second kappa shape index (κ2) is 7.70. The molecule has 0 unspecified atom stereocenters. The molecule has 0 saturated carbocycles. The minimum Gasteiger partial charge on any atom is -0.352 e. The molecule has 1 aliphatic carbocycles. The van der Waals surface area contributed by atoms with Gasteiger partial charge >= 0.3 is 0 Å². The number of nitrogens with zero attached hydrogens (tertiary/aromatic N) is 2. The Morgan fingerprint density at radius 2 is 1.69 bits per heavy atom. The second-order valence-corrected chi connectivity index (χ2v) is 9.81. The monoisotopic (exact) mass is 498 g/mol. The van der Waals surface area contributed by atoms with Crippen molar-refractivity contribution < 1.29 is 19.3 Å². The van der Waals surface area contributed by atoms with Gasteiger partial charge in [0.05, 0.1) is 17.0 Å². The lowest BCUT2D eigenvalue weighted by Gasteiger charge is -2.37. The van der Waals surface area contributed by atoms with Crippen molar-refractivity contribution in [2.75, 3.05) is 4.90 Å². The molecular weight excluding hydrogens is 480 g/mol. The maximum absolute atomic E-state index is 14.3. The number of rotatable bonds is 3. The summed E-state index contributed by atoms with van der Waals surface area (Å²) in [4.78, 5) is 54.8. The number of nitro groups is 1. The number of carbonyl (C=O) groups excluding carboxylic acids is 3. The lowest BCUT2D eigenvalue weighted by molar-refractivity contribution is -0.384.